The molecule has 0 radical (unpaired) electrons. The van der Waals surface area contributed by atoms with Crippen molar-refractivity contribution in [1.29, 1.82) is 0 Å². The minimum atomic E-state index is 0.868. The Morgan fingerprint density at radius 2 is 2.12 bits per heavy atom. The van der Waals surface area contributed by atoms with Gasteiger partial charge < -0.3 is 15.0 Å². The molecule has 1 aliphatic carbocycles. The summed E-state index contributed by atoms with van der Waals surface area (Å²) in [4.78, 5) is 2.65. The van der Waals surface area contributed by atoms with Gasteiger partial charge in [-0.25, -0.2) is 0 Å². The van der Waals surface area contributed by atoms with Crippen LogP contribution in [0.3, 0.4) is 0 Å². The van der Waals surface area contributed by atoms with E-state index in [-0.39, 0.29) is 0 Å². The number of piperidine rings is 1. The highest BCUT2D eigenvalue weighted by Gasteiger charge is 2.24. The first-order valence-corrected chi connectivity index (χ1v) is 7.33. The molecule has 0 aromatic carbocycles. The summed E-state index contributed by atoms with van der Waals surface area (Å²) in [6, 6.07) is 0.868. The first-order chi connectivity index (χ1) is 8.38. The lowest BCUT2D eigenvalue weighted by molar-refractivity contribution is 0.155. The average molecular weight is 240 g/mol. The van der Waals surface area contributed by atoms with E-state index < -0.39 is 0 Å². The molecule has 1 heterocycles. The average Bonchev–Trinajstić information content (AvgIpc) is 3.17. The van der Waals surface area contributed by atoms with E-state index in [1.54, 1.807) is 7.11 Å². The van der Waals surface area contributed by atoms with E-state index in [4.69, 9.17) is 4.74 Å². The molecule has 3 heteroatoms. The molecule has 0 aromatic rings. The van der Waals surface area contributed by atoms with E-state index in [0.29, 0.717) is 0 Å². The molecule has 0 aromatic heterocycles. The Morgan fingerprint density at radius 3 is 2.88 bits per heavy atom. The van der Waals surface area contributed by atoms with Gasteiger partial charge >= 0.3 is 0 Å². The van der Waals surface area contributed by atoms with Crippen molar-refractivity contribution in [2.75, 3.05) is 39.9 Å². The van der Waals surface area contributed by atoms with Crippen LogP contribution in [0, 0.1) is 5.92 Å². The lowest BCUT2D eigenvalue weighted by atomic mass is 9.97. The predicted octanol–water partition coefficient (Wildman–Crippen LogP) is 1.88. The van der Waals surface area contributed by atoms with Gasteiger partial charge in [0.1, 0.15) is 0 Å². The second kappa shape index (κ2) is 7.34. The molecule has 17 heavy (non-hydrogen) atoms. The van der Waals surface area contributed by atoms with Crippen molar-refractivity contribution >= 4 is 0 Å². The Bertz CT molecular complexity index is 206. The van der Waals surface area contributed by atoms with Gasteiger partial charge in [-0.3, -0.25) is 0 Å². The summed E-state index contributed by atoms with van der Waals surface area (Å²) in [5.74, 6) is 0.895. The number of methoxy groups -OCH3 is 1. The fourth-order valence-electron chi connectivity index (χ4n) is 2.72. The summed E-state index contributed by atoms with van der Waals surface area (Å²) in [5, 5.41) is 3.68. The van der Waals surface area contributed by atoms with Crippen LogP contribution in [0.25, 0.3) is 0 Å². The molecular weight excluding hydrogens is 212 g/mol. The van der Waals surface area contributed by atoms with Gasteiger partial charge in [-0.05, 0) is 64.1 Å². The molecule has 100 valence electrons. The lowest BCUT2D eigenvalue weighted by Gasteiger charge is -2.32. The van der Waals surface area contributed by atoms with E-state index in [1.165, 1.54) is 64.7 Å². The van der Waals surface area contributed by atoms with Crippen LogP contribution >= 0.6 is 0 Å². The number of rotatable bonds is 8. The van der Waals surface area contributed by atoms with Gasteiger partial charge in [0.25, 0.3) is 0 Å². The molecule has 1 saturated heterocycles. The third-order valence-corrected chi connectivity index (χ3v) is 3.95. The molecule has 0 spiro atoms. The van der Waals surface area contributed by atoms with Crippen molar-refractivity contribution < 1.29 is 4.74 Å². The normalized spacial score (nSPS) is 26.3. The smallest absolute Gasteiger partial charge is 0.0462 e. The number of nitrogens with one attached hydrogen (secondary N) is 1. The van der Waals surface area contributed by atoms with Gasteiger partial charge in [0.05, 0.1) is 0 Å². The number of ether oxygens (including phenoxy) is 1. The highest BCUT2D eigenvalue weighted by atomic mass is 16.5. The Kier molecular flexibility index (Phi) is 5.75. The maximum absolute atomic E-state index is 5.10. The molecule has 2 aliphatic rings. The second-order valence-electron chi connectivity index (χ2n) is 5.69. The van der Waals surface area contributed by atoms with Crippen molar-refractivity contribution in [2.24, 2.45) is 5.92 Å². The Morgan fingerprint density at radius 1 is 1.24 bits per heavy atom. The van der Waals surface area contributed by atoms with Crippen LogP contribution in [0.4, 0.5) is 0 Å². The van der Waals surface area contributed by atoms with Crippen molar-refractivity contribution in [2.45, 2.75) is 44.6 Å². The van der Waals surface area contributed by atoms with Crippen LogP contribution in [0.15, 0.2) is 0 Å². The fraction of sp³-hybridized carbons (Fsp3) is 1.00. The molecule has 0 amide bonds. The summed E-state index contributed by atoms with van der Waals surface area (Å²) in [6.45, 7) is 6.06. The Labute approximate surface area is 106 Å². The van der Waals surface area contributed by atoms with Crippen LogP contribution in [-0.2, 0) is 4.74 Å². The summed E-state index contributed by atoms with van der Waals surface area (Å²) in [7, 11) is 1.79. The zero-order valence-corrected chi connectivity index (χ0v) is 11.3. The minimum Gasteiger partial charge on any atom is -0.385 e. The maximum Gasteiger partial charge on any atom is 0.0462 e. The molecule has 3 nitrogen and oxygen atoms in total. The highest BCUT2D eigenvalue weighted by molar-refractivity contribution is 4.83. The first kappa shape index (κ1) is 13.3. The third-order valence-electron chi connectivity index (χ3n) is 3.95. The SMILES string of the molecule is COCCCCN1CCCC(CNC2CC2)C1. The van der Waals surface area contributed by atoms with Gasteiger partial charge in [0.15, 0.2) is 0 Å². The van der Waals surface area contributed by atoms with E-state index in [1.807, 2.05) is 0 Å². The number of unbranched alkanes of at least 4 members (excludes halogenated alkanes) is 1. The van der Waals surface area contributed by atoms with E-state index in [0.717, 1.165) is 18.6 Å². The van der Waals surface area contributed by atoms with Crippen molar-refractivity contribution in [3.05, 3.63) is 0 Å². The van der Waals surface area contributed by atoms with Crippen molar-refractivity contribution in [3.63, 3.8) is 0 Å². The van der Waals surface area contributed by atoms with Gasteiger partial charge in [-0.2, -0.15) is 0 Å². The fourth-order valence-corrected chi connectivity index (χ4v) is 2.72. The standard InChI is InChI=1S/C14H28N2O/c1-17-10-3-2-8-16-9-4-5-13(12-16)11-15-14-6-7-14/h13-15H,2-12H2,1H3. The first-order valence-electron chi connectivity index (χ1n) is 7.33. The number of hydrogen-bond acceptors (Lipinski definition) is 3. The number of hydrogen-bond donors (Lipinski definition) is 1. The largest absolute Gasteiger partial charge is 0.385 e. The van der Waals surface area contributed by atoms with Crippen molar-refractivity contribution in [1.82, 2.24) is 10.2 Å². The molecule has 1 N–H and O–H groups in total. The lowest BCUT2D eigenvalue weighted by Crippen LogP contribution is -2.40. The molecule has 2 fully saturated rings. The molecular formula is C14H28N2O. The van der Waals surface area contributed by atoms with E-state index in [2.05, 4.69) is 10.2 Å². The third kappa shape index (κ3) is 5.36. The summed E-state index contributed by atoms with van der Waals surface area (Å²) in [6.07, 6.45) is 8.13. The highest BCUT2D eigenvalue weighted by Crippen LogP contribution is 2.21. The Balaban J connectivity index is 1.55. The maximum atomic E-state index is 5.10. The predicted molar refractivity (Wildman–Crippen MR) is 71.3 cm³/mol. The van der Waals surface area contributed by atoms with Crippen molar-refractivity contribution in [3.8, 4) is 0 Å². The van der Waals surface area contributed by atoms with E-state index in [9.17, 15) is 0 Å². The zero-order chi connectivity index (χ0) is 11.9. The Hall–Kier alpha value is -0.120. The van der Waals surface area contributed by atoms with Gasteiger partial charge in [0.2, 0.25) is 0 Å². The summed E-state index contributed by atoms with van der Waals surface area (Å²) >= 11 is 0. The summed E-state index contributed by atoms with van der Waals surface area (Å²) < 4.78 is 5.10. The summed E-state index contributed by atoms with van der Waals surface area (Å²) in [5.41, 5.74) is 0. The van der Waals surface area contributed by atoms with Gasteiger partial charge in [0, 0.05) is 26.3 Å². The van der Waals surface area contributed by atoms with Crippen LogP contribution in [0.1, 0.15) is 38.5 Å². The topological polar surface area (TPSA) is 24.5 Å². The quantitative estimate of drug-likeness (QED) is 0.656. The van der Waals surface area contributed by atoms with Gasteiger partial charge in [-0.15, -0.1) is 0 Å². The molecule has 1 unspecified atom stereocenters. The molecule has 0 bridgehead atoms. The number of likely N-dealkylation sites (tertiary alicyclic amines) is 1. The number of nitrogens with zero attached hydrogens (tertiary/aromatic N) is 1. The molecule has 1 saturated carbocycles. The van der Waals surface area contributed by atoms with Crippen LogP contribution in [0.5, 0.6) is 0 Å². The molecule has 1 aliphatic heterocycles. The van der Waals surface area contributed by atoms with Crippen LogP contribution < -0.4 is 5.32 Å². The second-order valence-corrected chi connectivity index (χ2v) is 5.69. The van der Waals surface area contributed by atoms with Gasteiger partial charge in [-0.1, -0.05) is 0 Å². The van der Waals surface area contributed by atoms with Crippen LogP contribution in [0.2, 0.25) is 0 Å². The monoisotopic (exact) mass is 240 g/mol. The minimum absolute atomic E-state index is 0.868. The zero-order valence-electron chi connectivity index (χ0n) is 11.3. The van der Waals surface area contributed by atoms with Crippen LogP contribution in [-0.4, -0.2) is 50.8 Å². The van der Waals surface area contributed by atoms with E-state index >= 15 is 0 Å². The molecule has 2 rings (SSSR count). The molecule has 1 atom stereocenters.